The molecule has 0 aliphatic carbocycles. The summed E-state index contributed by atoms with van der Waals surface area (Å²) in [7, 11) is 1.55. The molecule has 0 saturated carbocycles. The highest BCUT2D eigenvalue weighted by atomic mass is 16.6. The van der Waals surface area contributed by atoms with Crippen LogP contribution in [-0.2, 0) is 9.47 Å². The molecule has 8 heteroatoms. The maximum absolute atomic E-state index is 13.6. The number of methoxy groups -OCH3 is 1. The number of aryl methyl sites for hydroxylation is 1. The van der Waals surface area contributed by atoms with Crippen molar-refractivity contribution in [3.63, 3.8) is 0 Å². The van der Waals surface area contributed by atoms with Gasteiger partial charge in [0.25, 0.3) is 5.91 Å². The second-order valence-electron chi connectivity index (χ2n) is 9.13. The number of benzene rings is 1. The van der Waals surface area contributed by atoms with Crippen molar-refractivity contribution in [3.8, 4) is 5.75 Å². The molecule has 2 atom stereocenters. The largest absolute Gasteiger partial charge is 0.493 e. The van der Waals surface area contributed by atoms with E-state index in [1.807, 2.05) is 39.8 Å². The minimum Gasteiger partial charge on any atom is -0.493 e. The molecule has 0 radical (unpaired) electrons. The van der Waals surface area contributed by atoms with E-state index in [2.05, 4.69) is 4.98 Å². The van der Waals surface area contributed by atoms with Crippen LogP contribution in [0.5, 0.6) is 5.75 Å². The number of hydrogen-bond donors (Lipinski definition) is 0. The number of pyridine rings is 1. The molecule has 2 aliphatic rings. The maximum atomic E-state index is 13.6. The molecule has 1 unspecified atom stereocenters. The summed E-state index contributed by atoms with van der Waals surface area (Å²) >= 11 is 0. The number of amides is 2. The number of aromatic nitrogens is 1. The van der Waals surface area contributed by atoms with Crippen LogP contribution in [0, 0.1) is 6.92 Å². The zero-order chi connectivity index (χ0) is 22.3. The molecule has 8 nitrogen and oxygen atoms in total. The predicted octanol–water partition coefficient (Wildman–Crippen LogP) is 3.36. The van der Waals surface area contributed by atoms with Crippen molar-refractivity contribution in [2.75, 3.05) is 26.8 Å². The molecular weight excluding hydrogens is 398 g/mol. The molecular formula is C23H29N3O5. The maximum Gasteiger partial charge on any atom is 0.410 e. The Morgan fingerprint density at radius 3 is 2.71 bits per heavy atom. The zero-order valence-electron chi connectivity index (χ0n) is 18.7. The molecule has 1 aromatic heterocycles. The van der Waals surface area contributed by atoms with Crippen molar-refractivity contribution in [1.29, 1.82) is 0 Å². The number of fused-ring (bicyclic) bond motifs is 3. The van der Waals surface area contributed by atoms with Gasteiger partial charge < -0.3 is 24.0 Å². The van der Waals surface area contributed by atoms with E-state index in [4.69, 9.17) is 14.2 Å². The highest BCUT2D eigenvalue weighted by Crippen LogP contribution is 2.32. The van der Waals surface area contributed by atoms with Crippen LogP contribution in [-0.4, -0.2) is 71.5 Å². The quantitative estimate of drug-likeness (QED) is 0.694. The topological polar surface area (TPSA) is 81.2 Å². The summed E-state index contributed by atoms with van der Waals surface area (Å²) < 4.78 is 17.2. The lowest BCUT2D eigenvalue weighted by Gasteiger charge is -2.46. The van der Waals surface area contributed by atoms with Crippen molar-refractivity contribution in [1.82, 2.24) is 14.8 Å². The Morgan fingerprint density at radius 1 is 1.23 bits per heavy atom. The number of hydrogen-bond acceptors (Lipinski definition) is 6. The van der Waals surface area contributed by atoms with Gasteiger partial charge in [0.2, 0.25) is 0 Å². The molecule has 0 spiro atoms. The normalized spacial score (nSPS) is 21.6. The smallest absolute Gasteiger partial charge is 0.410 e. The van der Waals surface area contributed by atoms with Crippen molar-refractivity contribution in [2.45, 2.75) is 52.0 Å². The highest BCUT2D eigenvalue weighted by molar-refractivity contribution is 6.01. The van der Waals surface area contributed by atoms with Crippen LogP contribution < -0.4 is 4.74 Å². The van der Waals surface area contributed by atoms with Crippen LogP contribution in [0.1, 0.15) is 43.1 Å². The average Bonchev–Trinajstić information content (AvgIpc) is 2.69. The third-order valence-corrected chi connectivity index (χ3v) is 5.53. The molecule has 2 amide bonds. The third kappa shape index (κ3) is 4.30. The number of piperazine rings is 1. The van der Waals surface area contributed by atoms with E-state index in [-0.39, 0.29) is 18.5 Å². The Hall–Kier alpha value is -2.87. The monoisotopic (exact) mass is 427 g/mol. The highest BCUT2D eigenvalue weighted by Gasteiger charge is 2.42. The van der Waals surface area contributed by atoms with Crippen molar-refractivity contribution in [3.05, 3.63) is 35.5 Å². The molecule has 166 valence electrons. The first-order valence-electron chi connectivity index (χ1n) is 10.5. The fourth-order valence-electron chi connectivity index (χ4n) is 4.12. The first-order chi connectivity index (χ1) is 14.7. The predicted molar refractivity (Wildman–Crippen MR) is 115 cm³/mol. The minimum atomic E-state index is -0.595. The second-order valence-corrected chi connectivity index (χ2v) is 9.13. The van der Waals surface area contributed by atoms with Crippen LogP contribution >= 0.6 is 0 Å². The fraction of sp³-hybridized carbons (Fsp3) is 0.522. The zero-order valence-corrected chi connectivity index (χ0v) is 18.7. The Balaban J connectivity index is 1.67. The van der Waals surface area contributed by atoms with Gasteiger partial charge in [-0.1, -0.05) is 0 Å². The van der Waals surface area contributed by atoms with E-state index in [9.17, 15) is 9.59 Å². The van der Waals surface area contributed by atoms with E-state index < -0.39 is 17.9 Å². The molecule has 4 rings (SSSR count). The number of carbonyl (C=O) groups excluding carboxylic acids is 2. The van der Waals surface area contributed by atoms with Crippen LogP contribution in [0.3, 0.4) is 0 Å². The van der Waals surface area contributed by atoms with Gasteiger partial charge in [-0.25, -0.2) is 4.79 Å². The lowest BCUT2D eigenvalue weighted by atomic mass is 10.0. The van der Waals surface area contributed by atoms with Gasteiger partial charge in [0.05, 0.1) is 30.3 Å². The molecule has 1 aromatic carbocycles. The third-order valence-electron chi connectivity index (χ3n) is 5.53. The van der Waals surface area contributed by atoms with Gasteiger partial charge in [0, 0.05) is 31.7 Å². The van der Waals surface area contributed by atoms with Gasteiger partial charge >= 0.3 is 6.09 Å². The summed E-state index contributed by atoms with van der Waals surface area (Å²) in [5.74, 6) is 0.368. The molecule has 3 heterocycles. The SMILES string of the molecule is CO[C@@H]1CN(C(=O)OC(C)(C)C)CC2CCOc3cc4cc(C)cnc4cc3C(=O)N21. The Kier molecular flexibility index (Phi) is 5.51. The van der Waals surface area contributed by atoms with Gasteiger partial charge in [0.1, 0.15) is 17.6 Å². The van der Waals surface area contributed by atoms with Crippen LogP contribution in [0.2, 0.25) is 0 Å². The van der Waals surface area contributed by atoms with Crippen molar-refractivity contribution in [2.24, 2.45) is 0 Å². The van der Waals surface area contributed by atoms with Crippen LogP contribution in [0.15, 0.2) is 24.4 Å². The average molecular weight is 428 g/mol. The van der Waals surface area contributed by atoms with Crippen molar-refractivity contribution >= 4 is 22.9 Å². The van der Waals surface area contributed by atoms with E-state index in [0.717, 1.165) is 16.5 Å². The number of carbonyl (C=O) groups is 2. The summed E-state index contributed by atoms with van der Waals surface area (Å²) in [6.07, 6.45) is 1.37. The minimum absolute atomic E-state index is 0.181. The van der Waals surface area contributed by atoms with E-state index in [1.54, 1.807) is 29.2 Å². The number of nitrogens with zero attached hydrogens (tertiary/aromatic N) is 3. The molecule has 0 bridgehead atoms. The molecule has 2 aliphatic heterocycles. The first-order valence-corrected chi connectivity index (χ1v) is 10.5. The molecule has 31 heavy (non-hydrogen) atoms. The molecule has 0 N–H and O–H groups in total. The molecule has 1 saturated heterocycles. The Morgan fingerprint density at radius 2 is 2.00 bits per heavy atom. The first kappa shape index (κ1) is 21.4. The van der Waals surface area contributed by atoms with Crippen molar-refractivity contribution < 1.29 is 23.8 Å². The van der Waals surface area contributed by atoms with Gasteiger partial charge in [0.15, 0.2) is 0 Å². The van der Waals surface area contributed by atoms with E-state index in [1.165, 1.54) is 0 Å². The Bertz CT molecular complexity index is 1020. The van der Waals surface area contributed by atoms with E-state index >= 15 is 0 Å². The summed E-state index contributed by atoms with van der Waals surface area (Å²) in [6, 6.07) is 5.44. The fourth-order valence-corrected chi connectivity index (χ4v) is 4.12. The number of ether oxygens (including phenoxy) is 3. The van der Waals surface area contributed by atoms with Gasteiger partial charge in [-0.3, -0.25) is 9.78 Å². The molecule has 1 fully saturated rings. The Labute approximate surface area is 182 Å². The van der Waals surface area contributed by atoms with Gasteiger partial charge in [-0.15, -0.1) is 0 Å². The van der Waals surface area contributed by atoms with Crippen LogP contribution in [0.25, 0.3) is 10.9 Å². The second kappa shape index (κ2) is 8.00. The summed E-state index contributed by atoms with van der Waals surface area (Å²) in [5, 5.41) is 0.932. The van der Waals surface area contributed by atoms with Crippen LogP contribution in [0.4, 0.5) is 4.79 Å². The summed E-state index contributed by atoms with van der Waals surface area (Å²) in [6.45, 7) is 8.51. The lowest BCUT2D eigenvalue weighted by molar-refractivity contribution is -0.0931. The number of rotatable bonds is 1. The van der Waals surface area contributed by atoms with E-state index in [0.29, 0.717) is 30.9 Å². The standard InChI is InChI=1S/C23H29N3O5/c1-14-8-15-9-19-17(10-18(15)24-11-14)21(27)26-16(6-7-30-19)12-25(13-20(26)29-5)22(28)31-23(2,3)4/h8-11,16,20H,6-7,12-13H2,1-5H3/t16?,20-/m1/s1. The lowest BCUT2D eigenvalue weighted by Crippen LogP contribution is -2.63. The van der Waals surface area contributed by atoms with Gasteiger partial charge in [-0.2, -0.15) is 0 Å². The van der Waals surface area contributed by atoms with Gasteiger partial charge in [-0.05, 0) is 51.5 Å². The summed E-state index contributed by atoms with van der Waals surface area (Å²) in [5.41, 5.74) is 1.64. The molecule has 2 aromatic rings. The summed E-state index contributed by atoms with van der Waals surface area (Å²) in [4.78, 5) is 34.1.